The van der Waals surface area contributed by atoms with Crippen LogP contribution in [0.25, 0.3) is 0 Å². The molecule has 0 aromatic rings. The molecule has 0 aliphatic rings. The zero-order valence-corrected chi connectivity index (χ0v) is 17.8. The van der Waals surface area contributed by atoms with Crippen LogP contribution in [-0.4, -0.2) is 81.8 Å². The van der Waals surface area contributed by atoms with E-state index in [2.05, 4.69) is 10.6 Å². The van der Waals surface area contributed by atoms with Crippen molar-refractivity contribution < 1.29 is 39.3 Å². The van der Waals surface area contributed by atoms with Crippen LogP contribution in [0.2, 0.25) is 0 Å². The molecule has 10 N–H and O–H groups in total. The monoisotopic (exact) mass is 447 g/mol. The Kier molecular flexibility index (Phi) is 12.3. The third-order valence-electron chi connectivity index (χ3n) is 4.69. The summed E-state index contributed by atoms with van der Waals surface area (Å²) in [6.07, 6.45) is -1.09. The Hall–Kier alpha value is -2.77. The van der Waals surface area contributed by atoms with Crippen molar-refractivity contribution in [2.45, 2.75) is 70.3 Å². The number of hydrogen-bond acceptors (Lipinski definition) is 8. The van der Waals surface area contributed by atoms with Gasteiger partial charge in [-0.05, 0) is 19.3 Å². The lowest BCUT2D eigenvalue weighted by Crippen LogP contribution is -2.60. The number of aliphatic carboxylic acids is 1. The van der Waals surface area contributed by atoms with Gasteiger partial charge in [0.2, 0.25) is 23.6 Å². The van der Waals surface area contributed by atoms with Crippen molar-refractivity contribution >= 4 is 29.6 Å². The van der Waals surface area contributed by atoms with Crippen LogP contribution in [0.5, 0.6) is 0 Å². The quantitative estimate of drug-likeness (QED) is 0.132. The normalized spacial score (nSPS) is 16.7. The van der Waals surface area contributed by atoms with Crippen molar-refractivity contribution in [2.24, 2.45) is 17.4 Å². The van der Waals surface area contributed by atoms with Crippen molar-refractivity contribution in [3.05, 3.63) is 0 Å². The molecule has 13 heteroatoms. The van der Waals surface area contributed by atoms with E-state index in [9.17, 15) is 34.2 Å². The molecule has 0 spiro atoms. The summed E-state index contributed by atoms with van der Waals surface area (Å²) in [5.41, 5.74) is 10.7. The van der Waals surface area contributed by atoms with E-state index in [1.165, 1.54) is 0 Å². The summed E-state index contributed by atoms with van der Waals surface area (Å²) in [5.74, 6) is -5.06. The topological polar surface area (TPSA) is 234 Å². The van der Waals surface area contributed by atoms with Crippen molar-refractivity contribution in [1.29, 1.82) is 0 Å². The summed E-state index contributed by atoms with van der Waals surface area (Å²) in [6, 6.07) is -5.39. The Balaban J connectivity index is 5.27. The number of carboxylic acid groups (broad SMARTS) is 1. The van der Waals surface area contributed by atoms with E-state index in [1.807, 2.05) is 5.32 Å². The number of hydrogen-bond donors (Lipinski definition) is 8. The van der Waals surface area contributed by atoms with Gasteiger partial charge in [0.15, 0.2) is 6.04 Å². The number of carbonyl (C=O) groups is 5. The van der Waals surface area contributed by atoms with Gasteiger partial charge in [-0.25, -0.2) is 4.79 Å². The van der Waals surface area contributed by atoms with E-state index in [4.69, 9.17) is 16.6 Å². The Bertz CT molecular complexity index is 657. The minimum Gasteiger partial charge on any atom is -0.480 e. The first-order valence-electron chi connectivity index (χ1n) is 9.82. The van der Waals surface area contributed by atoms with Crippen LogP contribution in [-0.2, 0) is 24.0 Å². The van der Waals surface area contributed by atoms with Crippen LogP contribution in [0.1, 0.15) is 40.0 Å². The average Bonchev–Trinajstić information content (AvgIpc) is 2.70. The molecule has 31 heavy (non-hydrogen) atoms. The van der Waals surface area contributed by atoms with Crippen LogP contribution in [0.4, 0.5) is 0 Å². The fourth-order valence-corrected chi connectivity index (χ4v) is 2.49. The Labute approximate surface area is 179 Å². The first-order chi connectivity index (χ1) is 14.3. The number of rotatable bonds is 14. The van der Waals surface area contributed by atoms with Crippen LogP contribution in [0.3, 0.4) is 0 Å². The maximum absolute atomic E-state index is 12.7. The van der Waals surface area contributed by atoms with Gasteiger partial charge >= 0.3 is 5.97 Å². The second-order valence-corrected chi connectivity index (χ2v) is 7.29. The molecule has 0 heterocycles. The van der Waals surface area contributed by atoms with E-state index in [-0.39, 0.29) is 18.8 Å². The summed E-state index contributed by atoms with van der Waals surface area (Å²) in [7, 11) is 0. The molecule has 13 nitrogen and oxygen atoms in total. The number of nitrogens with two attached hydrogens (primary N) is 2. The van der Waals surface area contributed by atoms with Gasteiger partial charge in [0.25, 0.3) is 0 Å². The van der Waals surface area contributed by atoms with Gasteiger partial charge in [0.05, 0.1) is 18.8 Å². The van der Waals surface area contributed by atoms with Crippen molar-refractivity contribution in [2.75, 3.05) is 6.61 Å². The standard InChI is InChI=1S/C18H33N5O8/c1-4-8(2)13(22-15(27)10(19)5-6-12(20)26)17(29)21-11(7-24)16(28)23-14(9(3)25)18(30)31/h8-11,13-14,24-25H,4-7,19H2,1-3H3,(H2,20,26)(H,21,29)(H,22,27)(H,23,28)(H,30,31). The number of nitrogens with one attached hydrogen (secondary N) is 3. The fourth-order valence-electron chi connectivity index (χ4n) is 2.49. The minimum absolute atomic E-state index is 0.0202. The Morgan fingerprint density at radius 2 is 1.48 bits per heavy atom. The number of aliphatic hydroxyl groups excluding tert-OH is 2. The summed E-state index contributed by atoms with van der Waals surface area (Å²) >= 11 is 0. The van der Waals surface area contributed by atoms with E-state index in [0.29, 0.717) is 6.42 Å². The summed E-state index contributed by atoms with van der Waals surface area (Å²) in [4.78, 5) is 59.2. The average molecular weight is 447 g/mol. The number of aliphatic hydroxyl groups is 2. The first kappa shape index (κ1) is 28.2. The van der Waals surface area contributed by atoms with Gasteiger partial charge in [0, 0.05) is 6.42 Å². The van der Waals surface area contributed by atoms with Crippen LogP contribution in [0.15, 0.2) is 0 Å². The zero-order chi connectivity index (χ0) is 24.3. The van der Waals surface area contributed by atoms with Gasteiger partial charge in [-0.1, -0.05) is 20.3 Å². The lowest BCUT2D eigenvalue weighted by molar-refractivity contribution is -0.145. The summed E-state index contributed by atoms with van der Waals surface area (Å²) in [6.45, 7) is 3.73. The third kappa shape index (κ3) is 9.72. The van der Waals surface area contributed by atoms with E-state index >= 15 is 0 Å². The summed E-state index contributed by atoms with van der Waals surface area (Å²) < 4.78 is 0. The molecule has 178 valence electrons. The largest absolute Gasteiger partial charge is 0.480 e. The molecule has 0 aliphatic heterocycles. The lowest BCUT2D eigenvalue weighted by atomic mass is 9.97. The van der Waals surface area contributed by atoms with Gasteiger partial charge in [-0.3, -0.25) is 19.2 Å². The molecule has 0 aliphatic carbocycles. The second-order valence-electron chi connectivity index (χ2n) is 7.29. The molecule has 0 radical (unpaired) electrons. The molecule has 6 atom stereocenters. The minimum atomic E-state index is -1.65. The van der Waals surface area contributed by atoms with Crippen molar-refractivity contribution in [3.63, 3.8) is 0 Å². The highest BCUT2D eigenvalue weighted by molar-refractivity contribution is 5.94. The van der Waals surface area contributed by atoms with Crippen LogP contribution in [0, 0.1) is 5.92 Å². The van der Waals surface area contributed by atoms with Crippen molar-refractivity contribution in [1.82, 2.24) is 16.0 Å². The van der Waals surface area contributed by atoms with E-state index < -0.39 is 66.5 Å². The zero-order valence-electron chi connectivity index (χ0n) is 17.8. The molecule has 6 unspecified atom stereocenters. The molecular weight excluding hydrogens is 414 g/mol. The second kappa shape index (κ2) is 13.5. The number of primary amides is 1. The van der Waals surface area contributed by atoms with Gasteiger partial charge in [-0.2, -0.15) is 0 Å². The SMILES string of the molecule is CCC(C)C(NC(=O)C(N)CCC(N)=O)C(=O)NC(CO)C(=O)NC(C(=O)O)C(C)O. The molecule has 0 aromatic carbocycles. The van der Waals surface area contributed by atoms with Gasteiger partial charge < -0.3 is 42.7 Å². The third-order valence-corrected chi connectivity index (χ3v) is 4.69. The molecule has 0 rings (SSSR count). The highest BCUT2D eigenvalue weighted by atomic mass is 16.4. The van der Waals surface area contributed by atoms with Crippen LogP contribution >= 0.6 is 0 Å². The lowest BCUT2D eigenvalue weighted by Gasteiger charge is -2.27. The highest BCUT2D eigenvalue weighted by Gasteiger charge is 2.33. The van der Waals surface area contributed by atoms with Crippen LogP contribution < -0.4 is 27.4 Å². The number of carbonyl (C=O) groups excluding carboxylic acids is 4. The van der Waals surface area contributed by atoms with E-state index in [1.54, 1.807) is 13.8 Å². The maximum atomic E-state index is 12.7. The molecule has 0 aromatic heterocycles. The molecule has 0 saturated heterocycles. The number of carboxylic acids is 1. The highest BCUT2D eigenvalue weighted by Crippen LogP contribution is 2.09. The Morgan fingerprint density at radius 3 is 1.90 bits per heavy atom. The van der Waals surface area contributed by atoms with Crippen molar-refractivity contribution in [3.8, 4) is 0 Å². The van der Waals surface area contributed by atoms with Gasteiger partial charge in [-0.15, -0.1) is 0 Å². The van der Waals surface area contributed by atoms with E-state index in [0.717, 1.165) is 6.92 Å². The first-order valence-corrected chi connectivity index (χ1v) is 9.82. The summed E-state index contributed by atoms with van der Waals surface area (Å²) in [5, 5.41) is 34.7. The molecule has 0 bridgehead atoms. The fraction of sp³-hybridized carbons (Fsp3) is 0.722. The molecule has 4 amide bonds. The number of amides is 4. The molecule has 0 fully saturated rings. The molecular formula is C18H33N5O8. The molecule has 0 saturated carbocycles. The Morgan fingerprint density at radius 1 is 0.935 bits per heavy atom. The predicted molar refractivity (Wildman–Crippen MR) is 108 cm³/mol. The maximum Gasteiger partial charge on any atom is 0.328 e. The predicted octanol–water partition coefficient (Wildman–Crippen LogP) is -3.46. The smallest absolute Gasteiger partial charge is 0.328 e. The van der Waals surface area contributed by atoms with Gasteiger partial charge in [0.1, 0.15) is 12.1 Å².